The molecular formula is C15H23N3O2. The Labute approximate surface area is 120 Å². The number of ether oxygens (including phenoxy) is 1. The van der Waals surface area contributed by atoms with Gasteiger partial charge in [-0.1, -0.05) is 19.1 Å². The van der Waals surface area contributed by atoms with Gasteiger partial charge in [0.2, 0.25) is 0 Å². The number of carbonyl (C=O) groups is 1. The summed E-state index contributed by atoms with van der Waals surface area (Å²) in [5.41, 5.74) is 4.09. The number of amides is 1. The van der Waals surface area contributed by atoms with Crippen molar-refractivity contribution in [3.8, 4) is 5.75 Å². The number of hydrazine groups is 1. The van der Waals surface area contributed by atoms with Crippen molar-refractivity contribution >= 4 is 5.91 Å². The first-order valence-electron chi connectivity index (χ1n) is 7.12. The van der Waals surface area contributed by atoms with Crippen molar-refractivity contribution in [2.45, 2.75) is 13.3 Å². The van der Waals surface area contributed by atoms with Crippen LogP contribution in [0.4, 0.5) is 0 Å². The summed E-state index contributed by atoms with van der Waals surface area (Å²) < 4.78 is 5.52. The minimum atomic E-state index is -0.101. The first-order valence-corrected chi connectivity index (χ1v) is 7.12. The molecule has 5 nitrogen and oxygen atoms in total. The molecule has 0 saturated carbocycles. The van der Waals surface area contributed by atoms with E-state index in [4.69, 9.17) is 4.74 Å². The molecule has 1 heterocycles. The van der Waals surface area contributed by atoms with Crippen LogP contribution in [0.2, 0.25) is 0 Å². The van der Waals surface area contributed by atoms with Gasteiger partial charge < -0.3 is 9.64 Å². The van der Waals surface area contributed by atoms with E-state index < -0.39 is 0 Å². The number of carbonyl (C=O) groups excluding carboxylic acids is 1. The zero-order chi connectivity index (χ0) is 14.4. The molecule has 1 aromatic carbocycles. The molecule has 0 unspecified atom stereocenters. The number of aryl methyl sites for hydroxylation is 1. The van der Waals surface area contributed by atoms with E-state index in [1.807, 2.05) is 23.2 Å². The lowest BCUT2D eigenvalue weighted by Gasteiger charge is -2.32. The minimum absolute atomic E-state index is 0.0551. The molecular weight excluding hydrogens is 254 g/mol. The van der Waals surface area contributed by atoms with Gasteiger partial charge in [-0.2, -0.15) is 0 Å². The zero-order valence-corrected chi connectivity index (χ0v) is 12.3. The van der Waals surface area contributed by atoms with E-state index in [2.05, 4.69) is 30.4 Å². The van der Waals surface area contributed by atoms with E-state index in [1.54, 1.807) is 0 Å². The SMILES string of the molecule is CCc1cccc(OCC(=O)NN2CCN(C)CC2)c1. The highest BCUT2D eigenvalue weighted by atomic mass is 16.5. The van der Waals surface area contributed by atoms with Crippen LogP contribution in [0.15, 0.2) is 24.3 Å². The Kier molecular flexibility index (Phi) is 5.38. The standard InChI is InChI=1S/C15H23N3O2/c1-3-13-5-4-6-14(11-13)20-12-15(19)16-18-9-7-17(2)8-10-18/h4-6,11H,3,7-10,12H2,1-2H3,(H,16,19). The second kappa shape index (κ2) is 7.26. The molecule has 1 aliphatic rings. The molecule has 0 aliphatic carbocycles. The van der Waals surface area contributed by atoms with E-state index in [-0.39, 0.29) is 12.5 Å². The molecule has 1 amide bonds. The Morgan fingerprint density at radius 2 is 2.05 bits per heavy atom. The Morgan fingerprint density at radius 1 is 1.30 bits per heavy atom. The van der Waals surface area contributed by atoms with E-state index in [1.165, 1.54) is 5.56 Å². The van der Waals surface area contributed by atoms with Crippen LogP contribution in [0.25, 0.3) is 0 Å². The molecule has 110 valence electrons. The lowest BCUT2D eigenvalue weighted by atomic mass is 10.2. The highest BCUT2D eigenvalue weighted by Gasteiger charge is 2.15. The van der Waals surface area contributed by atoms with Gasteiger partial charge in [0.05, 0.1) is 0 Å². The second-order valence-electron chi connectivity index (χ2n) is 5.11. The van der Waals surface area contributed by atoms with Crippen LogP contribution in [0.3, 0.4) is 0 Å². The summed E-state index contributed by atoms with van der Waals surface area (Å²) in [6, 6.07) is 7.86. The maximum absolute atomic E-state index is 11.8. The lowest BCUT2D eigenvalue weighted by molar-refractivity contribution is -0.128. The number of benzene rings is 1. The van der Waals surface area contributed by atoms with Crippen molar-refractivity contribution in [2.24, 2.45) is 0 Å². The molecule has 0 radical (unpaired) electrons. The Hall–Kier alpha value is -1.59. The summed E-state index contributed by atoms with van der Waals surface area (Å²) in [4.78, 5) is 14.1. The summed E-state index contributed by atoms with van der Waals surface area (Å²) in [7, 11) is 2.09. The van der Waals surface area contributed by atoms with Crippen LogP contribution < -0.4 is 10.2 Å². The number of piperazine rings is 1. The predicted molar refractivity (Wildman–Crippen MR) is 78.5 cm³/mol. The molecule has 1 N–H and O–H groups in total. The van der Waals surface area contributed by atoms with Gasteiger partial charge in [0.1, 0.15) is 5.75 Å². The van der Waals surface area contributed by atoms with E-state index in [0.717, 1.165) is 38.3 Å². The smallest absolute Gasteiger partial charge is 0.272 e. The summed E-state index contributed by atoms with van der Waals surface area (Å²) in [6.07, 6.45) is 0.963. The van der Waals surface area contributed by atoms with Crippen molar-refractivity contribution in [3.63, 3.8) is 0 Å². The fraction of sp³-hybridized carbons (Fsp3) is 0.533. The third-order valence-corrected chi connectivity index (χ3v) is 3.46. The number of hydrogen-bond acceptors (Lipinski definition) is 4. The van der Waals surface area contributed by atoms with Crippen LogP contribution in [0.1, 0.15) is 12.5 Å². The maximum atomic E-state index is 11.8. The predicted octanol–water partition coefficient (Wildman–Crippen LogP) is 0.906. The summed E-state index contributed by atoms with van der Waals surface area (Å²) in [5.74, 6) is 0.648. The monoisotopic (exact) mass is 277 g/mol. The van der Waals surface area contributed by atoms with E-state index in [9.17, 15) is 4.79 Å². The molecule has 1 saturated heterocycles. The average Bonchev–Trinajstić information content (AvgIpc) is 2.48. The zero-order valence-electron chi connectivity index (χ0n) is 12.3. The quantitative estimate of drug-likeness (QED) is 0.869. The normalized spacial score (nSPS) is 16.9. The third-order valence-electron chi connectivity index (χ3n) is 3.46. The number of rotatable bonds is 5. The summed E-state index contributed by atoms with van der Waals surface area (Å²) >= 11 is 0. The first-order chi connectivity index (χ1) is 9.67. The van der Waals surface area contributed by atoms with Gasteiger partial charge >= 0.3 is 0 Å². The third kappa shape index (κ3) is 4.51. The van der Waals surface area contributed by atoms with Gasteiger partial charge in [0.15, 0.2) is 6.61 Å². The van der Waals surface area contributed by atoms with Gasteiger partial charge in [0.25, 0.3) is 5.91 Å². The fourth-order valence-electron chi connectivity index (χ4n) is 2.13. The van der Waals surface area contributed by atoms with Crippen molar-refractivity contribution in [3.05, 3.63) is 29.8 Å². The molecule has 5 heteroatoms. The molecule has 20 heavy (non-hydrogen) atoms. The van der Waals surface area contributed by atoms with Gasteiger partial charge in [-0.15, -0.1) is 0 Å². The number of likely N-dealkylation sites (N-methyl/N-ethyl adjacent to an activating group) is 1. The van der Waals surface area contributed by atoms with E-state index >= 15 is 0 Å². The van der Waals surface area contributed by atoms with Crippen molar-refractivity contribution in [1.82, 2.24) is 15.3 Å². The van der Waals surface area contributed by atoms with Crippen molar-refractivity contribution in [1.29, 1.82) is 0 Å². The highest BCUT2D eigenvalue weighted by Crippen LogP contribution is 2.13. The Bertz CT molecular complexity index is 442. The van der Waals surface area contributed by atoms with Crippen LogP contribution in [-0.4, -0.2) is 55.6 Å². The topological polar surface area (TPSA) is 44.8 Å². The van der Waals surface area contributed by atoms with Crippen molar-refractivity contribution < 1.29 is 9.53 Å². The number of nitrogens with one attached hydrogen (secondary N) is 1. The molecule has 1 aliphatic heterocycles. The maximum Gasteiger partial charge on any atom is 0.272 e. The molecule has 2 rings (SSSR count). The lowest BCUT2D eigenvalue weighted by Crippen LogP contribution is -2.53. The van der Waals surface area contributed by atoms with Gasteiger partial charge in [-0.3, -0.25) is 10.2 Å². The highest BCUT2D eigenvalue weighted by molar-refractivity contribution is 5.77. The largest absolute Gasteiger partial charge is 0.484 e. The minimum Gasteiger partial charge on any atom is -0.484 e. The second-order valence-corrected chi connectivity index (χ2v) is 5.11. The molecule has 0 aromatic heterocycles. The molecule has 0 spiro atoms. The molecule has 1 aromatic rings. The average molecular weight is 277 g/mol. The van der Waals surface area contributed by atoms with Crippen LogP contribution in [0, 0.1) is 0 Å². The van der Waals surface area contributed by atoms with Gasteiger partial charge in [-0.05, 0) is 31.2 Å². The molecule has 0 atom stereocenters. The summed E-state index contributed by atoms with van der Waals surface area (Å²) in [6.45, 7) is 5.80. The van der Waals surface area contributed by atoms with Crippen LogP contribution >= 0.6 is 0 Å². The molecule has 0 bridgehead atoms. The van der Waals surface area contributed by atoms with Crippen LogP contribution in [0.5, 0.6) is 5.75 Å². The van der Waals surface area contributed by atoms with Crippen molar-refractivity contribution in [2.75, 3.05) is 39.8 Å². The Morgan fingerprint density at radius 3 is 2.75 bits per heavy atom. The fourth-order valence-corrected chi connectivity index (χ4v) is 2.13. The van der Waals surface area contributed by atoms with Gasteiger partial charge in [0, 0.05) is 26.2 Å². The Balaban J connectivity index is 1.74. The first kappa shape index (κ1) is 14.8. The number of hydrogen-bond donors (Lipinski definition) is 1. The van der Waals surface area contributed by atoms with Crippen LogP contribution in [-0.2, 0) is 11.2 Å². The van der Waals surface area contributed by atoms with Gasteiger partial charge in [-0.25, -0.2) is 5.01 Å². The summed E-state index contributed by atoms with van der Waals surface area (Å²) in [5, 5.41) is 1.95. The van der Waals surface area contributed by atoms with E-state index in [0.29, 0.717) is 0 Å². The number of nitrogens with zero attached hydrogens (tertiary/aromatic N) is 2. The molecule has 1 fully saturated rings.